The molecule has 0 radical (unpaired) electrons. The standard InChI is InChI=1S/C20H17N3OS/c24-20(15-8-17(25-11-15)13-4-2-1-3-5-13)19-18(14-6-7-14)22-10-16-9-21-12-23(16)19/h1-5,8-12,14,20,24H,6-7H2. The highest BCUT2D eigenvalue weighted by Gasteiger charge is 2.32. The summed E-state index contributed by atoms with van der Waals surface area (Å²) < 4.78 is 1.98. The van der Waals surface area contributed by atoms with E-state index < -0.39 is 6.10 Å². The van der Waals surface area contributed by atoms with E-state index in [4.69, 9.17) is 0 Å². The van der Waals surface area contributed by atoms with Crippen LogP contribution in [0.1, 0.15) is 41.8 Å². The Balaban J connectivity index is 1.60. The summed E-state index contributed by atoms with van der Waals surface area (Å²) in [6.45, 7) is 0. The molecule has 0 spiro atoms. The van der Waals surface area contributed by atoms with Crippen LogP contribution in [0.25, 0.3) is 16.0 Å². The molecule has 1 atom stereocenters. The van der Waals surface area contributed by atoms with Gasteiger partial charge < -0.3 is 5.11 Å². The van der Waals surface area contributed by atoms with Gasteiger partial charge in [0.05, 0.1) is 35.6 Å². The summed E-state index contributed by atoms with van der Waals surface area (Å²) in [4.78, 5) is 10.0. The highest BCUT2D eigenvalue weighted by molar-refractivity contribution is 7.13. The Morgan fingerprint density at radius 2 is 2.00 bits per heavy atom. The zero-order valence-electron chi connectivity index (χ0n) is 13.5. The number of fused-ring (bicyclic) bond motifs is 1. The molecule has 1 aliphatic carbocycles. The van der Waals surface area contributed by atoms with E-state index in [1.54, 1.807) is 23.9 Å². The normalized spacial score (nSPS) is 15.6. The Labute approximate surface area is 149 Å². The lowest BCUT2D eigenvalue weighted by Gasteiger charge is -2.16. The summed E-state index contributed by atoms with van der Waals surface area (Å²) in [5.41, 5.74) is 4.86. The zero-order chi connectivity index (χ0) is 16.8. The predicted octanol–water partition coefficient (Wildman–Crippen LogP) is 4.42. The average molecular weight is 347 g/mol. The fourth-order valence-electron chi connectivity index (χ4n) is 3.28. The first-order chi connectivity index (χ1) is 12.3. The van der Waals surface area contributed by atoms with Gasteiger partial charge in [-0.25, -0.2) is 4.98 Å². The van der Waals surface area contributed by atoms with Crippen LogP contribution in [-0.4, -0.2) is 19.5 Å². The molecule has 4 nitrogen and oxygen atoms in total. The smallest absolute Gasteiger partial charge is 0.122 e. The van der Waals surface area contributed by atoms with Crippen molar-refractivity contribution >= 4 is 16.9 Å². The number of imidazole rings is 1. The van der Waals surface area contributed by atoms with E-state index in [1.165, 1.54) is 5.56 Å². The van der Waals surface area contributed by atoms with Crippen molar-refractivity contribution in [3.8, 4) is 10.4 Å². The molecule has 1 unspecified atom stereocenters. The van der Waals surface area contributed by atoms with Gasteiger partial charge in [-0.1, -0.05) is 30.3 Å². The van der Waals surface area contributed by atoms with Gasteiger partial charge in [0.1, 0.15) is 6.10 Å². The fourth-order valence-corrected chi connectivity index (χ4v) is 4.21. The Kier molecular flexibility index (Phi) is 3.43. The quantitative estimate of drug-likeness (QED) is 0.595. The molecular formula is C20H17N3OS. The molecule has 3 heterocycles. The van der Waals surface area contributed by atoms with Gasteiger partial charge in [-0.15, -0.1) is 11.3 Å². The Morgan fingerprint density at radius 3 is 2.80 bits per heavy atom. The van der Waals surface area contributed by atoms with Crippen LogP contribution in [0, 0.1) is 0 Å². The van der Waals surface area contributed by atoms with Crippen molar-refractivity contribution < 1.29 is 5.11 Å². The van der Waals surface area contributed by atoms with Crippen molar-refractivity contribution in [3.63, 3.8) is 0 Å². The molecule has 4 aromatic rings. The van der Waals surface area contributed by atoms with Crippen molar-refractivity contribution in [1.29, 1.82) is 0 Å². The maximum atomic E-state index is 11.1. The predicted molar refractivity (Wildman–Crippen MR) is 98.8 cm³/mol. The number of aliphatic hydroxyl groups excluding tert-OH is 1. The number of nitrogens with zero attached hydrogens (tertiary/aromatic N) is 3. The van der Waals surface area contributed by atoms with Gasteiger partial charge in [0, 0.05) is 10.8 Å². The fraction of sp³-hybridized carbons (Fsp3) is 0.200. The lowest BCUT2D eigenvalue weighted by atomic mass is 10.0. The van der Waals surface area contributed by atoms with Crippen LogP contribution >= 0.6 is 11.3 Å². The number of rotatable bonds is 4. The number of hydrogen-bond acceptors (Lipinski definition) is 4. The number of thiophene rings is 1. The molecule has 1 saturated carbocycles. The second-order valence-corrected chi connectivity index (χ2v) is 7.42. The molecule has 5 heteroatoms. The Hall–Kier alpha value is -2.50. The topological polar surface area (TPSA) is 50.4 Å². The molecule has 3 aromatic heterocycles. The van der Waals surface area contributed by atoms with Crippen LogP contribution in [0.4, 0.5) is 0 Å². The number of aliphatic hydroxyl groups is 1. The number of benzene rings is 1. The largest absolute Gasteiger partial charge is 0.382 e. The van der Waals surface area contributed by atoms with E-state index in [0.717, 1.165) is 40.2 Å². The zero-order valence-corrected chi connectivity index (χ0v) is 14.4. The molecule has 1 N–H and O–H groups in total. The first-order valence-electron chi connectivity index (χ1n) is 8.44. The van der Waals surface area contributed by atoms with Gasteiger partial charge >= 0.3 is 0 Å². The Morgan fingerprint density at radius 1 is 1.16 bits per heavy atom. The minimum atomic E-state index is -0.699. The van der Waals surface area contributed by atoms with E-state index in [2.05, 4.69) is 28.2 Å². The number of hydrogen-bond donors (Lipinski definition) is 1. The van der Waals surface area contributed by atoms with Crippen molar-refractivity contribution in [2.45, 2.75) is 24.9 Å². The van der Waals surface area contributed by atoms with Crippen molar-refractivity contribution in [2.24, 2.45) is 0 Å². The van der Waals surface area contributed by atoms with E-state index in [9.17, 15) is 5.11 Å². The highest BCUT2D eigenvalue weighted by Crippen LogP contribution is 2.43. The molecular weight excluding hydrogens is 330 g/mol. The molecule has 1 aromatic carbocycles. The molecule has 0 bridgehead atoms. The second kappa shape index (κ2) is 5.79. The molecule has 0 amide bonds. The molecule has 0 saturated heterocycles. The minimum absolute atomic E-state index is 0.462. The molecule has 1 aliphatic rings. The van der Waals surface area contributed by atoms with Crippen molar-refractivity contribution in [1.82, 2.24) is 14.4 Å². The van der Waals surface area contributed by atoms with Gasteiger partial charge in [-0.3, -0.25) is 9.38 Å². The van der Waals surface area contributed by atoms with Crippen molar-refractivity contribution in [2.75, 3.05) is 0 Å². The van der Waals surface area contributed by atoms with Crippen LogP contribution in [-0.2, 0) is 0 Å². The summed E-state index contributed by atoms with van der Waals surface area (Å²) in [5.74, 6) is 0.462. The third-order valence-corrected chi connectivity index (χ3v) is 5.74. The maximum Gasteiger partial charge on any atom is 0.122 e. The van der Waals surface area contributed by atoms with Crippen molar-refractivity contribution in [3.05, 3.63) is 77.5 Å². The monoisotopic (exact) mass is 347 g/mol. The third-order valence-electron chi connectivity index (χ3n) is 4.74. The van der Waals surface area contributed by atoms with Crippen LogP contribution in [0.2, 0.25) is 0 Å². The molecule has 0 aliphatic heterocycles. The van der Waals surface area contributed by atoms with Crippen LogP contribution in [0.15, 0.2) is 60.5 Å². The lowest BCUT2D eigenvalue weighted by molar-refractivity contribution is 0.212. The van der Waals surface area contributed by atoms with E-state index in [0.29, 0.717) is 5.92 Å². The minimum Gasteiger partial charge on any atom is -0.382 e. The molecule has 124 valence electrons. The summed E-state index contributed by atoms with van der Waals surface area (Å²) in [6.07, 6.45) is 6.99. The summed E-state index contributed by atoms with van der Waals surface area (Å²) in [6, 6.07) is 12.3. The second-order valence-electron chi connectivity index (χ2n) is 6.50. The summed E-state index contributed by atoms with van der Waals surface area (Å²) in [7, 11) is 0. The highest BCUT2D eigenvalue weighted by atomic mass is 32.1. The van der Waals surface area contributed by atoms with Gasteiger partial charge in [0.2, 0.25) is 0 Å². The van der Waals surface area contributed by atoms with Crippen LogP contribution in [0.3, 0.4) is 0 Å². The SMILES string of the molecule is OC(c1csc(-c2ccccc2)c1)c1c(C2CC2)ncc2cncn12. The van der Waals surface area contributed by atoms with E-state index in [1.807, 2.05) is 34.2 Å². The molecule has 5 rings (SSSR count). The van der Waals surface area contributed by atoms with Gasteiger partial charge in [0.25, 0.3) is 0 Å². The van der Waals surface area contributed by atoms with Gasteiger partial charge in [0.15, 0.2) is 0 Å². The average Bonchev–Trinajstić information content (AvgIpc) is 3.19. The van der Waals surface area contributed by atoms with Crippen LogP contribution in [0.5, 0.6) is 0 Å². The lowest BCUT2D eigenvalue weighted by Crippen LogP contribution is -2.10. The van der Waals surface area contributed by atoms with E-state index >= 15 is 0 Å². The third kappa shape index (κ3) is 2.56. The maximum absolute atomic E-state index is 11.1. The van der Waals surface area contributed by atoms with Gasteiger partial charge in [-0.2, -0.15) is 0 Å². The Bertz CT molecular complexity index is 1030. The van der Waals surface area contributed by atoms with Gasteiger partial charge in [-0.05, 0) is 35.4 Å². The first kappa shape index (κ1) is 14.8. The van der Waals surface area contributed by atoms with E-state index in [-0.39, 0.29) is 0 Å². The summed E-state index contributed by atoms with van der Waals surface area (Å²) in [5, 5.41) is 13.2. The number of aromatic nitrogens is 3. The first-order valence-corrected chi connectivity index (χ1v) is 9.32. The summed E-state index contributed by atoms with van der Waals surface area (Å²) >= 11 is 1.66. The van der Waals surface area contributed by atoms with Crippen LogP contribution < -0.4 is 0 Å². The molecule has 1 fully saturated rings. The molecule has 25 heavy (non-hydrogen) atoms.